The number of carbonyl (C=O) groups is 1. The molecule has 2 N–H and O–H groups in total. The van der Waals surface area contributed by atoms with E-state index in [4.69, 9.17) is 0 Å². The zero-order valence-corrected chi connectivity index (χ0v) is 18.4. The van der Waals surface area contributed by atoms with Crippen LogP contribution < -0.4 is 5.32 Å². The summed E-state index contributed by atoms with van der Waals surface area (Å²) in [7, 11) is 2.22. The molecule has 2 heterocycles. The highest BCUT2D eigenvalue weighted by Gasteiger charge is 2.42. The summed E-state index contributed by atoms with van der Waals surface area (Å²) in [5.41, 5.74) is 5.36. The fourth-order valence-corrected chi connectivity index (χ4v) is 5.18. The lowest BCUT2D eigenvalue weighted by Gasteiger charge is -2.46. The van der Waals surface area contributed by atoms with Gasteiger partial charge in [0.1, 0.15) is 0 Å². The molecule has 0 unspecified atom stereocenters. The molecule has 2 aliphatic rings. The summed E-state index contributed by atoms with van der Waals surface area (Å²) >= 11 is 0. The average Bonchev–Trinajstić information content (AvgIpc) is 2.95. The molecule has 28 heavy (non-hydrogen) atoms. The SMILES string of the molecule is CN1C[C@@H](NC(=O)C(C)(C)C)C[C@@H]2c3cccc4[nH]c(C(C)(C)C)c(c34)C[C@H]21. The molecule has 1 fully saturated rings. The second-order valence-corrected chi connectivity index (χ2v) is 11.0. The number of amides is 1. The van der Waals surface area contributed by atoms with Crippen LogP contribution >= 0.6 is 0 Å². The molecule has 4 heteroatoms. The van der Waals surface area contributed by atoms with E-state index in [0.29, 0.717) is 12.0 Å². The molecule has 1 aliphatic heterocycles. The van der Waals surface area contributed by atoms with Crippen molar-refractivity contribution in [2.75, 3.05) is 13.6 Å². The normalized spacial score (nSPS) is 25.6. The minimum atomic E-state index is -0.350. The Kier molecular flexibility index (Phi) is 4.42. The predicted octanol–water partition coefficient (Wildman–Crippen LogP) is 4.34. The molecule has 4 nitrogen and oxygen atoms in total. The lowest BCUT2D eigenvalue weighted by Crippen LogP contribution is -2.56. The van der Waals surface area contributed by atoms with Crippen LogP contribution in [-0.4, -0.2) is 41.5 Å². The van der Waals surface area contributed by atoms with Gasteiger partial charge in [-0.3, -0.25) is 4.79 Å². The Morgan fingerprint density at radius 2 is 1.89 bits per heavy atom. The Labute approximate surface area is 169 Å². The lowest BCUT2D eigenvalue weighted by molar-refractivity contribution is -0.129. The van der Waals surface area contributed by atoms with E-state index in [0.717, 1.165) is 19.4 Å². The Balaban J connectivity index is 1.73. The highest BCUT2D eigenvalue weighted by molar-refractivity contribution is 5.90. The average molecular weight is 382 g/mol. The van der Waals surface area contributed by atoms with E-state index in [-0.39, 0.29) is 22.8 Å². The molecule has 3 atom stereocenters. The number of likely N-dealkylation sites (N-methyl/N-ethyl adjacent to an activating group) is 1. The van der Waals surface area contributed by atoms with Crippen molar-refractivity contribution in [2.45, 2.75) is 77.8 Å². The molecule has 0 spiro atoms. The maximum atomic E-state index is 12.6. The maximum Gasteiger partial charge on any atom is 0.225 e. The number of likely N-dealkylation sites (tertiary alicyclic amines) is 1. The van der Waals surface area contributed by atoms with Crippen LogP contribution in [0.3, 0.4) is 0 Å². The number of fused-ring (bicyclic) bond motifs is 2. The van der Waals surface area contributed by atoms with E-state index in [1.807, 2.05) is 20.8 Å². The van der Waals surface area contributed by atoms with Gasteiger partial charge in [0.15, 0.2) is 0 Å². The van der Waals surface area contributed by atoms with Gasteiger partial charge in [0.05, 0.1) is 0 Å². The number of H-pyrrole nitrogens is 1. The van der Waals surface area contributed by atoms with E-state index in [2.05, 4.69) is 61.2 Å². The van der Waals surface area contributed by atoms with Crippen LogP contribution in [-0.2, 0) is 16.6 Å². The molecule has 0 radical (unpaired) electrons. The van der Waals surface area contributed by atoms with E-state index in [1.54, 1.807) is 0 Å². The van der Waals surface area contributed by atoms with Crippen molar-refractivity contribution in [3.05, 3.63) is 35.0 Å². The fourth-order valence-electron chi connectivity index (χ4n) is 5.18. The standard InChI is InChI=1S/C24H35N3O/c1-23(2,3)21-17-12-19-16(15-9-8-10-18(26-21)20(15)17)11-14(13-27(19)7)25-22(28)24(4,5)6/h8-10,14,16,19,26H,11-13H2,1-7H3,(H,25,28)/t14-,16+,19+/m0/s1. The van der Waals surface area contributed by atoms with Crippen LogP contribution in [0.25, 0.3) is 10.9 Å². The predicted molar refractivity (Wildman–Crippen MR) is 116 cm³/mol. The number of benzene rings is 1. The molecular formula is C24H35N3O. The molecule has 2 aromatic rings. The van der Waals surface area contributed by atoms with Crippen molar-refractivity contribution in [3.63, 3.8) is 0 Å². The van der Waals surface area contributed by atoms with E-state index in [1.165, 1.54) is 27.7 Å². The largest absolute Gasteiger partial charge is 0.358 e. The van der Waals surface area contributed by atoms with Gasteiger partial charge in [0, 0.05) is 52.0 Å². The van der Waals surface area contributed by atoms with Crippen LogP contribution in [0.15, 0.2) is 18.2 Å². The van der Waals surface area contributed by atoms with Crippen molar-refractivity contribution < 1.29 is 4.79 Å². The highest BCUT2D eigenvalue weighted by Crippen LogP contribution is 2.46. The number of nitrogens with zero attached hydrogens (tertiary/aromatic N) is 1. The van der Waals surface area contributed by atoms with Gasteiger partial charge in [-0.1, -0.05) is 53.7 Å². The third-order valence-corrected chi connectivity index (χ3v) is 6.62. The third-order valence-electron chi connectivity index (χ3n) is 6.62. The van der Waals surface area contributed by atoms with Crippen molar-refractivity contribution >= 4 is 16.8 Å². The summed E-state index contributed by atoms with van der Waals surface area (Å²) in [5, 5.41) is 4.75. The van der Waals surface area contributed by atoms with Crippen LogP contribution in [0.1, 0.15) is 70.7 Å². The molecule has 1 aromatic heterocycles. The van der Waals surface area contributed by atoms with Gasteiger partial charge in [0.25, 0.3) is 0 Å². The number of carbonyl (C=O) groups excluding carboxylic acids is 1. The van der Waals surface area contributed by atoms with Gasteiger partial charge in [-0.15, -0.1) is 0 Å². The Hall–Kier alpha value is -1.81. The monoisotopic (exact) mass is 381 g/mol. The Morgan fingerprint density at radius 3 is 2.54 bits per heavy atom. The summed E-state index contributed by atoms with van der Waals surface area (Å²) in [6.45, 7) is 13.8. The Bertz CT molecular complexity index is 912. The minimum Gasteiger partial charge on any atom is -0.358 e. The Morgan fingerprint density at radius 1 is 1.18 bits per heavy atom. The molecule has 0 saturated carbocycles. The second kappa shape index (κ2) is 6.35. The molecule has 152 valence electrons. The van der Waals surface area contributed by atoms with E-state index >= 15 is 0 Å². The van der Waals surface area contributed by atoms with Gasteiger partial charge < -0.3 is 15.2 Å². The molecule has 1 aliphatic carbocycles. The van der Waals surface area contributed by atoms with Gasteiger partial charge in [-0.05, 0) is 37.1 Å². The molecule has 1 amide bonds. The number of rotatable bonds is 1. The van der Waals surface area contributed by atoms with Gasteiger partial charge in [-0.25, -0.2) is 0 Å². The van der Waals surface area contributed by atoms with E-state index in [9.17, 15) is 4.79 Å². The summed E-state index contributed by atoms with van der Waals surface area (Å²) in [6.07, 6.45) is 2.11. The first-order valence-electron chi connectivity index (χ1n) is 10.6. The first kappa shape index (κ1) is 19.5. The fraction of sp³-hybridized carbons (Fsp3) is 0.625. The summed E-state index contributed by atoms with van der Waals surface area (Å²) in [4.78, 5) is 18.8. The summed E-state index contributed by atoms with van der Waals surface area (Å²) < 4.78 is 0. The zero-order chi connectivity index (χ0) is 20.4. The first-order chi connectivity index (χ1) is 13.0. The molecule has 4 rings (SSSR count). The third kappa shape index (κ3) is 3.16. The second-order valence-electron chi connectivity index (χ2n) is 11.0. The number of nitrogens with one attached hydrogen (secondary N) is 2. The van der Waals surface area contributed by atoms with Gasteiger partial charge >= 0.3 is 0 Å². The number of hydrogen-bond donors (Lipinski definition) is 2. The van der Waals surface area contributed by atoms with Crippen LogP contribution in [0.2, 0.25) is 0 Å². The minimum absolute atomic E-state index is 0.106. The number of aromatic nitrogens is 1. The topological polar surface area (TPSA) is 48.1 Å². The number of aromatic amines is 1. The van der Waals surface area contributed by atoms with Crippen molar-refractivity contribution in [1.82, 2.24) is 15.2 Å². The number of piperidine rings is 1. The molecule has 1 aromatic carbocycles. The lowest BCUT2D eigenvalue weighted by atomic mass is 9.72. The van der Waals surface area contributed by atoms with Crippen LogP contribution in [0, 0.1) is 5.41 Å². The molecule has 0 bridgehead atoms. The first-order valence-corrected chi connectivity index (χ1v) is 10.6. The highest BCUT2D eigenvalue weighted by atomic mass is 16.2. The van der Waals surface area contributed by atoms with Gasteiger partial charge in [-0.2, -0.15) is 0 Å². The quantitative estimate of drug-likeness (QED) is 0.772. The summed E-state index contributed by atoms with van der Waals surface area (Å²) in [5.74, 6) is 0.611. The summed E-state index contributed by atoms with van der Waals surface area (Å²) in [6, 6.07) is 7.41. The zero-order valence-electron chi connectivity index (χ0n) is 18.4. The molecule has 1 saturated heterocycles. The van der Waals surface area contributed by atoms with Crippen molar-refractivity contribution in [2.24, 2.45) is 5.41 Å². The van der Waals surface area contributed by atoms with E-state index < -0.39 is 0 Å². The molecular weight excluding hydrogens is 346 g/mol. The van der Waals surface area contributed by atoms with Crippen LogP contribution in [0.4, 0.5) is 0 Å². The smallest absolute Gasteiger partial charge is 0.225 e. The van der Waals surface area contributed by atoms with Crippen molar-refractivity contribution in [3.8, 4) is 0 Å². The van der Waals surface area contributed by atoms with Crippen LogP contribution in [0.5, 0.6) is 0 Å². The van der Waals surface area contributed by atoms with Crippen molar-refractivity contribution in [1.29, 1.82) is 0 Å². The number of hydrogen-bond acceptors (Lipinski definition) is 2. The van der Waals surface area contributed by atoms with Gasteiger partial charge in [0.2, 0.25) is 5.91 Å². The maximum absolute atomic E-state index is 12.6.